The minimum absolute atomic E-state index is 0. The highest BCUT2D eigenvalue weighted by Crippen LogP contribution is 2.14. The van der Waals surface area contributed by atoms with Crippen LogP contribution >= 0.6 is 24.8 Å². The number of hydrogen-bond donors (Lipinski definition) is 1. The lowest BCUT2D eigenvalue weighted by Gasteiger charge is -2.34. The molecule has 2 aliphatic heterocycles. The van der Waals surface area contributed by atoms with Gasteiger partial charge in [0.2, 0.25) is 11.8 Å². The largest absolute Gasteiger partial charge is 0.444 e. The SMILES string of the molecule is Cc1nc(CN2CCN(C(=O)CC3CCCN3)CC2)oc1C.Cl.Cl. The molecule has 0 bridgehead atoms. The molecule has 8 heteroatoms. The van der Waals surface area contributed by atoms with E-state index in [1.165, 1.54) is 6.42 Å². The van der Waals surface area contributed by atoms with Gasteiger partial charge < -0.3 is 14.6 Å². The highest BCUT2D eigenvalue weighted by molar-refractivity contribution is 5.85. The summed E-state index contributed by atoms with van der Waals surface area (Å²) in [6.07, 6.45) is 2.98. The zero-order chi connectivity index (χ0) is 15.5. The Kier molecular flexibility index (Phi) is 8.50. The molecule has 1 atom stereocenters. The van der Waals surface area contributed by atoms with Gasteiger partial charge in [-0.05, 0) is 33.2 Å². The van der Waals surface area contributed by atoms with Crippen molar-refractivity contribution < 1.29 is 9.21 Å². The number of oxazole rings is 1. The second-order valence-electron chi connectivity index (χ2n) is 6.40. The third-order valence-electron chi connectivity index (χ3n) is 4.74. The summed E-state index contributed by atoms with van der Waals surface area (Å²) in [4.78, 5) is 21.0. The van der Waals surface area contributed by atoms with E-state index in [1.54, 1.807) is 0 Å². The Balaban J connectivity index is 0.00000144. The standard InChI is InChI=1S/C16H26N4O2.2ClH/c1-12-13(2)22-15(18-12)11-19-6-8-20(9-7-19)16(21)10-14-4-3-5-17-14;;/h14,17H,3-11H2,1-2H3;2*1H. The van der Waals surface area contributed by atoms with Crippen LogP contribution in [-0.2, 0) is 11.3 Å². The molecule has 1 amide bonds. The van der Waals surface area contributed by atoms with E-state index in [1.807, 2.05) is 18.7 Å². The van der Waals surface area contributed by atoms with Crippen molar-refractivity contribution in [3.05, 3.63) is 17.3 Å². The summed E-state index contributed by atoms with van der Waals surface area (Å²) in [5, 5.41) is 3.40. The monoisotopic (exact) mass is 378 g/mol. The summed E-state index contributed by atoms with van der Waals surface area (Å²) in [5.41, 5.74) is 0.966. The number of carbonyl (C=O) groups is 1. The molecule has 2 fully saturated rings. The molecule has 2 saturated heterocycles. The van der Waals surface area contributed by atoms with Gasteiger partial charge >= 0.3 is 0 Å². The van der Waals surface area contributed by atoms with E-state index in [4.69, 9.17) is 4.42 Å². The van der Waals surface area contributed by atoms with Crippen LogP contribution in [0.5, 0.6) is 0 Å². The van der Waals surface area contributed by atoms with Gasteiger partial charge in [0.1, 0.15) is 5.76 Å². The summed E-state index contributed by atoms with van der Waals surface area (Å²) in [5.74, 6) is 1.97. The molecule has 0 saturated carbocycles. The van der Waals surface area contributed by atoms with E-state index in [0.29, 0.717) is 18.4 Å². The Morgan fingerprint density at radius 3 is 2.50 bits per heavy atom. The minimum Gasteiger partial charge on any atom is -0.444 e. The van der Waals surface area contributed by atoms with Crippen LogP contribution in [0.4, 0.5) is 0 Å². The number of carbonyl (C=O) groups excluding carboxylic acids is 1. The minimum atomic E-state index is 0. The smallest absolute Gasteiger partial charge is 0.224 e. The van der Waals surface area contributed by atoms with Gasteiger partial charge in [0.05, 0.1) is 12.2 Å². The summed E-state index contributed by atoms with van der Waals surface area (Å²) < 4.78 is 5.64. The summed E-state index contributed by atoms with van der Waals surface area (Å²) in [6, 6.07) is 0.392. The first-order valence-corrected chi connectivity index (χ1v) is 8.28. The maximum Gasteiger partial charge on any atom is 0.224 e. The van der Waals surface area contributed by atoms with Crippen LogP contribution in [0.3, 0.4) is 0 Å². The third kappa shape index (κ3) is 5.34. The van der Waals surface area contributed by atoms with Crippen LogP contribution in [-0.4, -0.2) is 59.5 Å². The lowest BCUT2D eigenvalue weighted by Crippen LogP contribution is -2.49. The van der Waals surface area contributed by atoms with Gasteiger partial charge in [-0.1, -0.05) is 0 Å². The Morgan fingerprint density at radius 1 is 1.25 bits per heavy atom. The number of amides is 1. The number of piperazine rings is 1. The topological polar surface area (TPSA) is 61.6 Å². The molecule has 0 spiro atoms. The summed E-state index contributed by atoms with van der Waals surface area (Å²) >= 11 is 0. The van der Waals surface area contributed by atoms with Gasteiger partial charge in [0.25, 0.3) is 0 Å². The van der Waals surface area contributed by atoms with E-state index >= 15 is 0 Å². The number of halogens is 2. The number of hydrogen-bond acceptors (Lipinski definition) is 5. The maximum atomic E-state index is 12.3. The molecule has 0 radical (unpaired) electrons. The molecule has 0 aromatic carbocycles. The number of rotatable bonds is 4. The van der Waals surface area contributed by atoms with Crippen molar-refractivity contribution in [3.8, 4) is 0 Å². The van der Waals surface area contributed by atoms with Crippen molar-refractivity contribution in [1.29, 1.82) is 0 Å². The van der Waals surface area contributed by atoms with E-state index in [2.05, 4.69) is 15.2 Å². The fraction of sp³-hybridized carbons (Fsp3) is 0.750. The fourth-order valence-corrected chi connectivity index (χ4v) is 3.22. The first-order chi connectivity index (χ1) is 10.6. The van der Waals surface area contributed by atoms with Crippen LogP contribution in [0.1, 0.15) is 36.6 Å². The molecular formula is C16H28Cl2N4O2. The third-order valence-corrected chi connectivity index (χ3v) is 4.74. The molecule has 2 aliphatic rings. The maximum absolute atomic E-state index is 12.3. The normalized spacial score (nSPS) is 21.2. The molecule has 6 nitrogen and oxygen atoms in total. The number of nitrogens with one attached hydrogen (secondary N) is 1. The predicted molar refractivity (Wildman–Crippen MR) is 98.0 cm³/mol. The molecule has 1 N–H and O–H groups in total. The Bertz CT molecular complexity index is 505. The van der Waals surface area contributed by atoms with Crippen LogP contribution in [0, 0.1) is 13.8 Å². The van der Waals surface area contributed by atoms with Crippen molar-refractivity contribution in [1.82, 2.24) is 20.1 Å². The summed E-state index contributed by atoms with van der Waals surface area (Å²) in [6.45, 7) is 9.11. The van der Waals surface area contributed by atoms with Crippen molar-refractivity contribution in [2.75, 3.05) is 32.7 Å². The first-order valence-electron chi connectivity index (χ1n) is 8.28. The van der Waals surface area contributed by atoms with Gasteiger partial charge in [-0.3, -0.25) is 9.69 Å². The van der Waals surface area contributed by atoms with E-state index in [-0.39, 0.29) is 24.8 Å². The average Bonchev–Trinajstić information content (AvgIpc) is 3.10. The highest BCUT2D eigenvalue weighted by Gasteiger charge is 2.25. The van der Waals surface area contributed by atoms with Crippen LogP contribution < -0.4 is 5.32 Å². The number of aryl methyl sites for hydroxylation is 2. The lowest BCUT2D eigenvalue weighted by molar-refractivity contribution is -0.133. The highest BCUT2D eigenvalue weighted by atomic mass is 35.5. The first kappa shape index (κ1) is 21.2. The fourth-order valence-electron chi connectivity index (χ4n) is 3.22. The number of aromatic nitrogens is 1. The van der Waals surface area contributed by atoms with Crippen molar-refractivity contribution >= 4 is 30.7 Å². The summed E-state index contributed by atoms with van der Waals surface area (Å²) in [7, 11) is 0. The zero-order valence-corrected chi connectivity index (χ0v) is 16.0. The molecule has 3 heterocycles. The van der Waals surface area contributed by atoms with E-state index in [9.17, 15) is 4.79 Å². The Morgan fingerprint density at radius 2 is 1.96 bits per heavy atom. The van der Waals surface area contributed by atoms with Crippen LogP contribution in [0.2, 0.25) is 0 Å². The van der Waals surface area contributed by atoms with Gasteiger partial charge in [-0.15, -0.1) is 24.8 Å². The molecular weight excluding hydrogens is 351 g/mol. The Hall–Kier alpha value is -0.820. The Labute approximate surface area is 156 Å². The quantitative estimate of drug-likeness (QED) is 0.866. The van der Waals surface area contributed by atoms with Gasteiger partial charge in [0.15, 0.2) is 0 Å². The molecule has 24 heavy (non-hydrogen) atoms. The molecule has 1 unspecified atom stereocenters. The van der Waals surface area contributed by atoms with Crippen molar-refractivity contribution in [2.45, 2.75) is 45.7 Å². The average molecular weight is 379 g/mol. The zero-order valence-electron chi connectivity index (χ0n) is 14.4. The predicted octanol–water partition coefficient (Wildman–Crippen LogP) is 1.92. The second-order valence-corrected chi connectivity index (χ2v) is 6.40. The number of nitrogens with zero attached hydrogens (tertiary/aromatic N) is 3. The van der Waals surface area contributed by atoms with Gasteiger partial charge in [0, 0.05) is 38.6 Å². The molecule has 0 aliphatic carbocycles. The van der Waals surface area contributed by atoms with Gasteiger partial charge in [-0.2, -0.15) is 0 Å². The van der Waals surface area contributed by atoms with Crippen LogP contribution in [0.25, 0.3) is 0 Å². The molecule has 138 valence electrons. The van der Waals surface area contributed by atoms with Crippen molar-refractivity contribution in [2.24, 2.45) is 0 Å². The lowest BCUT2D eigenvalue weighted by atomic mass is 10.1. The van der Waals surface area contributed by atoms with Crippen LogP contribution in [0.15, 0.2) is 4.42 Å². The van der Waals surface area contributed by atoms with E-state index in [0.717, 1.165) is 63.0 Å². The van der Waals surface area contributed by atoms with Crippen molar-refractivity contribution in [3.63, 3.8) is 0 Å². The molecule has 1 aromatic rings. The van der Waals surface area contributed by atoms with E-state index < -0.39 is 0 Å². The molecule has 1 aromatic heterocycles. The van der Waals surface area contributed by atoms with Gasteiger partial charge in [-0.25, -0.2) is 4.98 Å². The molecule has 3 rings (SSSR count). The second kappa shape index (κ2) is 9.61.